The SMILES string of the molecule is Cc1ccccc1-c1ccc(N(C)c2ccc(-c3cccc(-c4ccccc4)c3)cc2)c(C)c1. The van der Waals surface area contributed by atoms with Gasteiger partial charge < -0.3 is 4.90 Å². The fourth-order valence-electron chi connectivity index (χ4n) is 4.62. The molecule has 0 amide bonds. The summed E-state index contributed by atoms with van der Waals surface area (Å²) >= 11 is 0. The van der Waals surface area contributed by atoms with E-state index in [1.807, 2.05) is 0 Å². The number of benzene rings is 5. The normalized spacial score (nSPS) is 10.8. The van der Waals surface area contributed by atoms with Gasteiger partial charge in [0.1, 0.15) is 0 Å². The average Bonchev–Trinajstić information content (AvgIpc) is 2.89. The zero-order chi connectivity index (χ0) is 23.5. The first-order valence-corrected chi connectivity index (χ1v) is 11.8. The highest BCUT2D eigenvalue weighted by atomic mass is 15.1. The fourth-order valence-corrected chi connectivity index (χ4v) is 4.62. The second-order valence-electron chi connectivity index (χ2n) is 8.87. The Balaban J connectivity index is 1.39. The number of rotatable bonds is 5. The van der Waals surface area contributed by atoms with E-state index >= 15 is 0 Å². The van der Waals surface area contributed by atoms with Crippen molar-refractivity contribution >= 4 is 11.4 Å². The van der Waals surface area contributed by atoms with Crippen molar-refractivity contribution in [2.45, 2.75) is 13.8 Å². The molecule has 0 N–H and O–H groups in total. The number of hydrogen-bond acceptors (Lipinski definition) is 1. The lowest BCUT2D eigenvalue weighted by molar-refractivity contribution is 1.19. The highest BCUT2D eigenvalue weighted by molar-refractivity contribution is 5.77. The lowest BCUT2D eigenvalue weighted by Gasteiger charge is -2.23. The van der Waals surface area contributed by atoms with E-state index in [1.54, 1.807) is 0 Å². The minimum absolute atomic E-state index is 1.18. The zero-order valence-corrected chi connectivity index (χ0v) is 20.0. The predicted molar refractivity (Wildman–Crippen MR) is 147 cm³/mol. The van der Waals surface area contributed by atoms with Gasteiger partial charge in [-0.3, -0.25) is 0 Å². The lowest BCUT2D eigenvalue weighted by Crippen LogP contribution is -2.10. The molecule has 0 unspecified atom stereocenters. The molecule has 0 heterocycles. The first-order valence-electron chi connectivity index (χ1n) is 11.8. The van der Waals surface area contributed by atoms with E-state index in [0.29, 0.717) is 0 Å². The van der Waals surface area contributed by atoms with Crippen LogP contribution < -0.4 is 4.90 Å². The maximum atomic E-state index is 2.29. The largest absolute Gasteiger partial charge is 0.344 e. The van der Waals surface area contributed by atoms with E-state index in [4.69, 9.17) is 0 Å². The Morgan fingerprint density at radius 3 is 1.71 bits per heavy atom. The summed E-state index contributed by atoms with van der Waals surface area (Å²) in [5.74, 6) is 0. The number of anilines is 2. The quantitative estimate of drug-likeness (QED) is 0.264. The summed E-state index contributed by atoms with van der Waals surface area (Å²) in [5.41, 5.74) is 12.5. The molecule has 0 aliphatic rings. The molecule has 0 radical (unpaired) electrons. The molecule has 0 aliphatic carbocycles. The van der Waals surface area contributed by atoms with Crippen molar-refractivity contribution in [3.8, 4) is 33.4 Å². The zero-order valence-electron chi connectivity index (χ0n) is 20.0. The highest BCUT2D eigenvalue weighted by Gasteiger charge is 2.10. The molecule has 166 valence electrons. The molecule has 0 spiro atoms. The Morgan fingerprint density at radius 1 is 0.441 bits per heavy atom. The molecule has 0 aliphatic heterocycles. The van der Waals surface area contributed by atoms with Gasteiger partial charge in [0.2, 0.25) is 0 Å². The summed E-state index contributed by atoms with van der Waals surface area (Å²) < 4.78 is 0. The lowest BCUT2D eigenvalue weighted by atomic mass is 9.98. The van der Waals surface area contributed by atoms with Crippen molar-refractivity contribution in [1.29, 1.82) is 0 Å². The first kappa shape index (κ1) is 21.7. The number of hydrogen-bond donors (Lipinski definition) is 0. The van der Waals surface area contributed by atoms with Crippen molar-refractivity contribution in [1.82, 2.24) is 0 Å². The van der Waals surface area contributed by atoms with Crippen molar-refractivity contribution < 1.29 is 0 Å². The molecule has 1 heteroatoms. The summed E-state index contributed by atoms with van der Waals surface area (Å²) in [5, 5.41) is 0. The Labute approximate surface area is 203 Å². The smallest absolute Gasteiger partial charge is 0.0438 e. The van der Waals surface area contributed by atoms with Crippen LogP contribution in [0.1, 0.15) is 11.1 Å². The van der Waals surface area contributed by atoms with Crippen LogP contribution in [0.25, 0.3) is 33.4 Å². The summed E-state index contributed by atoms with van der Waals surface area (Å²) in [6.07, 6.45) is 0. The minimum Gasteiger partial charge on any atom is -0.344 e. The van der Waals surface area contributed by atoms with Gasteiger partial charge in [0.05, 0.1) is 0 Å². The molecule has 1 nitrogen and oxygen atoms in total. The molecule has 0 atom stereocenters. The van der Waals surface area contributed by atoms with E-state index in [9.17, 15) is 0 Å². The number of nitrogens with zero attached hydrogens (tertiary/aromatic N) is 1. The fraction of sp³-hybridized carbons (Fsp3) is 0.0909. The third-order valence-electron chi connectivity index (χ3n) is 6.57. The molecule has 5 aromatic rings. The Bertz CT molecular complexity index is 1420. The molecule has 0 saturated heterocycles. The Kier molecular flexibility index (Phi) is 6.01. The van der Waals surface area contributed by atoms with Gasteiger partial charge in [-0.15, -0.1) is 0 Å². The minimum atomic E-state index is 1.18. The second kappa shape index (κ2) is 9.41. The molecule has 5 aromatic carbocycles. The van der Waals surface area contributed by atoms with E-state index in [1.165, 1.54) is 55.9 Å². The molecule has 34 heavy (non-hydrogen) atoms. The average molecular weight is 440 g/mol. The summed E-state index contributed by atoms with van der Waals surface area (Å²) in [6.45, 7) is 4.36. The molecule has 0 fully saturated rings. The van der Waals surface area contributed by atoms with Crippen LogP contribution >= 0.6 is 0 Å². The van der Waals surface area contributed by atoms with Gasteiger partial charge in [-0.05, 0) is 88.7 Å². The highest BCUT2D eigenvalue weighted by Crippen LogP contribution is 2.33. The van der Waals surface area contributed by atoms with Gasteiger partial charge in [-0.2, -0.15) is 0 Å². The van der Waals surface area contributed by atoms with E-state index < -0.39 is 0 Å². The standard InChI is InChI=1S/C33H29N/c1-24-10-7-8-15-32(24)30-18-21-33(25(2)22-30)34(3)31-19-16-27(17-20-31)29-14-9-13-28(23-29)26-11-5-4-6-12-26/h4-23H,1-3H3. The molecule has 0 saturated carbocycles. The van der Waals surface area contributed by atoms with Crippen LogP contribution in [-0.4, -0.2) is 7.05 Å². The van der Waals surface area contributed by atoms with Crippen LogP contribution in [0.3, 0.4) is 0 Å². The van der Waals surface area contributed by atoms with Gasteiger partial charge in [0, 0.05) is 18.4 Å². The van der Waals surface area contributed by atoms with Crippen LogP contribution in [0.2, 0.25) is 0 Å². The van der Waals surface area contributed by atoms with Crippen LogP contribution in [0.5, 0.6) is 0 Å². The topological polar surface area (TPSA) is 3.24 Å². The summed E-state index contributed by atoms with van der Waals surface area (Å²) in [7, 11) is 2.14. The van der Waals surface area contributed by atoms with Crippen LogP contribution in [0, 0.1) is 13.8 Å². The Hall–Kier alpha value is -4.10. The first-order chi connectivity index (χ1) is 16.6. The molecule has 5 rings (SSSR count). The van der Waals surface area contributed by atoms with Gasteiger partial charge in [0.15, 0.2) is 0 Å². The van der Waals surface area contributed by atoms with E-state index in [-0.39, 0.29) is 0 Å². The molecule has 0 bridgehead atoms. The van der Waals surface area contributed by atoms with Crippen molar-refractivity contribution in [2.75, 3.05) is 11.9 Å². The summed E-state index contributed by atoms with van der Waals surface area (Å²) in [4.78, 5) is 2.27. The number of aryl methyl sites for hydroxylation is 2. The van der Waals surface area contributed by atoms with E-state index in [2.05, 4.69) is 147 Å². The van der Waals surface area contributed by atoms with Crippen LogP contribution in [-0.2, 0) is 0 Å². The second-order valence-corrected chi connectivity index (χ2v) is 8.87. The third-order valence-corrected chi connectivity index (χ3v) is 6.57. The maximum Gasteiger partial charge on any atom is 0.0438 e. The van der Waals surface area contributed by atoms with Gasteiger partial charge in [-0.1, -0.05) is 91.0 Å². The third kappa shape index (κ3) is 4.38. The monoisotopic (exact) mass is 439 g/mol. The predicted octanol–water partition coefficient (Wildman–Crippen LogP) is 9.07. The van der Waals surface area contributed by atoms with Crippen LogP contribution in [0.4, 0.5) is 11.4 Å². The van der Waals surface area contributed by atoms with Crippen molar-refractivity contribution in [2.24, 2.45) is 0 Å². The molecule has 0 aromatic heterocycles. The summed E-state index contributed by atoms with van der Waals surface area (Å²) in [6, 6.07) is 43.4. The van der Waals surface area contributed by atoms with Crippen molar-refractivity contribution in [3.63, 3.8) is 0 Å². The van der Waals surface area contributed by atoms with Gasteiger partial charge in [-0.25, -0.2) is 0 Å². The maximum absolute atomic E-state index is 2.29. The van der Waals surface area contributed by atoms with Gasteiger partial charge in [0.25, 0.3) is 0 Å². The van der Waals surface area contributed by atoms with E-state index in [0.717, 1.165) is 0 Å². The van der Waals surface area contributed by atoms with Crippen molar-refractivity contribution in [3.05, 3.63) is 132 Å². The molecular formula is C33H29N. The molecular weight excluding hydrogens is 410 g/mol. The van der Waals surface area contributed by atoms with Gasteiger partial charge >= 0.3 is 0 Å². The Morgan fingerprint density at radius 2 is 1.03 bits per heavy atom. The van der Waals surface area contributed by atoms with Crippen LogP contribution in [0.15, 0.2) is 121 Å².